The lowest BCUT2D eigenvalue weighted by Gasteiger charge is -2.22. The lowest BCUT2D eigenvalue weighted by atomic mass is 10.0. The average Bonchev–Trinajstić information content (AvgIpc) is 3.33. The normalized spacial score (nSPS) is 12.7. The monoisotopic (exact) mass is 944 g/mol. The number of aliphatic hydroxyl groups is 2. The van der Waals surface area contributed by atoms with E-state index in [0.717, 1.165) is 51.4 Å². The van der Waals surface area contributed by atoms with Gasteiger partial charge in [-0.05, 0) is 57.8 Å². The van der Waals surface area contributed by atoms with E-state index >= 15 is 0 Å². The largest absolute Gasteiger partial charge is 0.466 e. The molecule has 0 aliphatic heterocycles. The van der Waals surface area contributed by atoms with Crippen molar-refractivity contribution >= 4 is 11.9 Å². The lowest BCUT2D eigenvalue weighted by molar-refractivity contribution is -0.143. The highest BCUT2D eigenvalue weighted by Gasteiger charge is 2.20. The van der Waals surface area contributed by atoms with Crippen LogP contribution in [-0.4, -0.2) is 47.4 Å². The summed E-state index contributed by atoms with van der Waals surface area (Å²) in [4.78, 5) is 24.5. The number of hydrogen-bond acceptors (Lipinski definition) is 5. The van der Waals surface area contributed by atoms with Gasteiger partial charge in [-0.2, -0.15) is 0 Å². The second-order valence-electron chi connectivity index (χ2n) is 20.7. The summed E-state index contributed by atoms with van der Waals surface area (Å²) in [5.41, 5.74) is 0. The molecule has 2 atom stereocenters. The van der Waals surface area contributed by atoms with Crippen LogP contribution >= 0.6 is 0 Å². The van der Waals surface area contributed by atoms with E-state index in [9.17, 15) is 19.8 Å². The molecule has 6 nitrogen and oxygen atoms in total. The molecule has 0 bridgehead atoms. The number of rotatable bonds is 56. The molecule has 0 aromatic carbocycles. The maximum absolute atomic E-state index is 12.5. The van der Waals surface area contributed by atoms with E-state index in [1.807, 2.05) is 0 Å². The zero-order chi connectivity index (χ0) is 48.6. The first-order valence-corrected chi connectivity index (χ1v) is 30.1. The van der Waals surface area contributed by atoms with Crippen LogP contribution in [0.1, 0.15) is 328 Å². The van der Waals surface area contributed by atoms with Crippen LogP contribution in [-0.2, 0) is 14.3 Å². The van der Waals surface area contributed by atoms with E-state index < -0.39 is 12.1 Å². The number of esters is 1. The highest BCUT2D eigenvalue weighted by atomic mass is 16.5. The summed E-state index contributed by atoms with van der Waals surface area (Å²) in [6.07, 6.45) is 68.9. The van der Waals surface area contributed by atoms with Gasteiger partial charge in [-0.1, -0.05) is 282 Å². The molecular weight excluding hydrogens is 827 g/mol. The number of unbranched alkanes of at least 4 members (excludes halogenated alkanes) is 41. The van der Waals surface area contributed by atoms with Crippen LogP contribution in [0.25, 0.3) is 0 Å². The number of hydrogen-bond donors (Lipinski definition) is 3. The van der Waals surface area contributed by atoms with Gasteiger partial charge in [-0.15, -0.1) is 0 Å². The van der Waals surface area contributed by atoms with Crippen molar-refractivity contribution in [1.29, 1.82) is 0 Å². The Balaban J connectivity index is 3.37. The second kappa shape index (κ2) is 56.9. The van der Waals surface area contributed by atoms with E-state index in [0.29, 0.717) is 25.9 Å². The molecule has 0 aliphatic rings. The average molecular weight is 945 g/mol. The predicted molar refractivity (Wildman–Crippen MR) is 292 cm³/mol. The lowest BCUT2D eigenvalue weighted by Crippen LogP contribution is -2.45. The van der Waals surface area contributed by atoms with Gasteiger partial charge in [-0.25, -0.2) is 0 Å². The van der Waals surface area contributed by atoms with Crippen LogP contribution < -0.4 is 5.32 Å². The number of allylic oxidation sites excluding steroid dienone is 4. The Labute approximate surface area is 418 Å². The zero-order valence-corrected chi connectivity index (χ0v) is 45.1. The molecule has 0 aliphatic carbocycles. The van der Waals surface area contributed by atoms with Crippen LogP contribution in [0.4, 0.5) is 0 Å². The molecule has 0 aromatic rings. The third-order valence-electron chi connectivity index (χ3n) is 14.0. The molecule has 2 unspecified atom stereocenters. The summed E-state index contributed by atoms with van der Waals surface area (Å²) >= 11 is 0. The van der Waals surface area contributed by atoms with Crippen LogP contribution in [0, 0.1) is 0 Å². The summed E-state index contributed by atoms with van der Waals surface area (Å²) in [5, 5.41) is 23.2. The molecule has 1 amide bonds. The summed E-state index contributed by atoms with van der Waals surface area (Å²) in [6.45, 7) is 4.94. The maximum atomic E-state index is 12.5. The molecule has 0 heterocycles. The number of carbonyl (C=O) groups is 2. The number of nitrogens with one attached hydrogen (secondary N) is 1. The van der Waals surface area contributed by atoms with Crippen molar-refractivity contribution in [3.8, 4) is 0 Å². The second-order valence-corrected chi connectivity index (χ2v) is 20.7. The summed E-state index contributed by atoms with van der Waals surface area (Å²) < 4.78 is 5.48. The quantitative estimate of drug-likeness (QED) is 0.0321. The smallest absolute Gasteiger partial charge is 0.305 e. The fourth-order valence-electron chi connectivity index (χ4n) is 9.38. The van der Waals surface area contributed by atoms with Crippen LogP contribution in [0.15, 0.2) is 24.3 Å². The van der Waals surface area contributed by atoms with Crippen molar-refractivity contribution in [3.05, 3.63) is 24.3 Å². The molecular formula is C61H117NO5. The minimum Gasteiger partial charge on any atom is -0.466 e. The molecule has 0 radical (unpaired) electrons. The molecule has 396 valence electrons. The van der Waals surface area contributed by atoms with Crippen LogP contribution in [0.2, 0.25) is 0 Å². The summed E-state index contributed by atoms with van der Waals surface area (Å²) in [5.74, 6) is -0.0349. The number of aliphatic hydroxyl groups excluding tert-OH is 2. The highest BCUT2D eigenvalue weighted by molar-refractivity contribution is 5.76. The van der Waals surface area contributed by atoms with Gasteiger partial charge >= 0.3 is 5.97 Å². The molecule has 0 aromatic heterocycles. The van der Waals surface area contributed by atoms with Crippen molar-refractivity contribution < 1.29 is 24.5 Å². The van der Waals surface area contributed by atoms with E-state index in [1.54, 1.807) is 0 Å². The number of carbonyl (C=O) groups excluding carboxylic acids is 2. The fourth-order valence-corrected chi connectivity index (χ4v) is 9.38. The standard InChI is InChI=1S/C61H117NO5/c1-3-5-7-9-11-13-15-17-18-28-31-35-39-43-47-51-55-61(66)67-56-52-48-44-40-36-32-29-26-24-22-20-19-21-23-25-27-30-34-38-42-46-50-54-60(65)62-58(57-63)59(64)53-49-45-41-37-33-16-14-12-10-8-6-4-2/h13,15,18,28,58-59,63-64H,3-12,14,16-17,19-27,29-57H2,1-2H3,(H,62,65)/b15-13-,28-18-. The van der Waals surface area contributed by atoms with Crippen molar-refractivity contribution in [2.75, 3.05) is 13.2 Å². The van der Waals surface area contributed by atoms with Gasteiger partial charge in [0.1, 0.15) is 0 Å². The van der Waals surface area contributed by atoms with E-state index in [2.05, 4.69) is 43.5 Å². The summed E-state index contributed by atoms with van der Waals surface area (Å²) in [7, 11) is 0. The van der Waals surface area contributed by atoms with Gasteiger partial charge in [0, 0.05) is 12.8 Å². The molecule has 6 heteroatoms. The molecule has 0 rings (SSSR count). The third kappa shape index (κ3) is 53.5. The Hall–Kier alpha value is -1.66. The molecule has 3 N–H and O–H groups in total. The van der Waals surface area contributed by atoms with Crippen LogP contribution in [0.3, 0.4) is 0 Å². The van der Waals surface area contributed by atoms with Crippen molar-refractivity contribution in [3.63, 3.8) is 0 Å². The van der Waals surface area contributed by atoms with Crippen molar-refractivity contribution in [1.82, 2.24) is 5.32 Å². The van der Waals surface area contributed by atoms with E-state index in [-0.39, 0.29) is 18.5 Å². The minimum atomic E-state index is -0.663. The van der Waals surface area contributed by atoms with Gasteiger partial charge < -0.3 is 20.3 Å². The highest BCUT2D eigenvalue weighted by Crippen LogP contribution is 2.18. The van der Waals surface area contributed by atoms with Gasteiger partial charge in [0.2, 0.25) is 5.91 Å². The van der Waals surface area contributed by atoms with Gasteiger partial charge in [-0.3, -0.25) is 9.59 Å². The van der Waals surface area contributed by atoms with Gasteiger partial charge in [0.15, 0.2) is 0 Å². The minimum absolute atomic E-state index is 0.0000174. The van der Waals surface area contributed by atoms with E-state index in [1.165, 1.54) is 244 Å². The molecule has 0 saturated heterocycles. The first-order chi connectivity index (χ1) is 33.0. The number of ether oxygens (including phenoxy) is 1. The first-order valence-electron chi connectivity index (χ1n) is 30.1. The fraction of sp³-hybridized carbons (Fsp3) is 0.902. The Morgan fingerprint density at radius 3 is 1.15 bits per heavy atom. The summed E-state index contributed by atoms with van der Waals surface area (Å²) in [6, 6.07) is -0.540. The molecule has 67 heavy (non-hydrogen) atoms. The van der Waals surface area contributed by atoms with Crippen molar-refractivity contribution in [2.24, 2.45) is 0 Å². The Morgan fingerprint density at radius 1 is 0.418 bits per heavy atom. The van der Waals surface area contributed by atoms with Crippen LogP contribution in [0.5, 0.6) is 0 Å². The Morgan fingerprint density at radius 2 is 0.746 bits per heavy atom. The van der Waals surface area contributed by atoms with Gasteiger partial charge in [0.05, 0.1) is 25.4 Å². The topological polar surface area (TPSA) is 95.9 Å². The Kier molecular flexibility index (Phi) is 55.5. The Bertz CT molecular complexity index is 1040. The van der Waals surface area contributed by atoms with Gasteiger partial charge in [0.25, 0.3) is 0 Å². The predicted octanol–water partition coefficient (Wildman–Crippen LogP) is 18.6. The molecule has 0 fully saturated rings. The molecule has 0 spiro atoms. The van der Waals surface area contributed by atoms with E-state index in [4.69, 9.17) is 4.74 Å². The zero-order valence-electron chi connectivity index (χ0n) is 45.1. The SMILES string of the molecule is CCCCCC/C=C\C/C=C\CCCCCCCC(=O)OCCCCCCCCCCCCCCCCCCCCCCCCC(=O)NC(CO)C(O)CCCCCCCCCCCCCC. The molecule has 0 saturated carbocycles. The maximum Gasteiger partial charge on any atom is 0.305 e. The third-order valence-corrected chi connectivity index (χ3v) is 14.0. The van der Waals surface area contributed by atoms with Crippen molar-refractivity contribution in [2.45, 2.75) is 341 Å². The number of amides is 1. The first kappa shape index (κ1) is 65.3.